The number of carbonyl (C=O) groups is 1. The minimum Gasteiger partial charge on any atom is -0.387 e. The van der Waals surface area contributed by atoms with E-state index >= 15 is 0 Å². The Balaban J connectivity index is 1.56. The smallest absolute Gasteiger partial charge is 0.271 e. The van der Waals surface area contributed by atoms with Crippen molar-refractivity contribution < 1.29 is 14.3 Å². The summed E-state index contributed by atoms with van der Waals surface area (Å²) in [5, 5.41) is 20.3. The normalized spacial score (nSPS) is 18.8. The van der Waals surface area contributed by atoms with Crippen molar-refractivity contribution in [2.45, 2.75) is 25.0 Å². The van der Waals surface area contributed by atoms with Crippen LogP contribution in [0.2, 0.25) is 5.02 Å². The first-order chi connectivity index (χ1) is 12.0. The van der Waals surface area contributed by atoms with Crippen LogP contribution in [0.15, 0.2) is 30.5 Å². The Bertz CT molecular complexity index is 746. The summed E-state index contributed by atoms with van der Waals surface area (Å²) in [6.07, 6.45) is 2.87. The predicted molar refractivity (Wildman–Crippen MR) is 92.1 cm³/mol. The summed E-state index contributed by atoms with van der Waals surface area (Å²) in [6.45, 7) is 1.80. The lowest BCUT2D eigenvalue weighted by molar-refractivity contribution is 0.0910. The zero-order valence-electron chi connectivity index (χ0n) is 13.6. The van der Waals surface area contributed by atoms with Gasteiger partial charge in [-0.2, -0.15) is 5.10 Å². The maximum absolute atomic E-state index is 13.4. The summed E-state index contributed by atoms with van der Waals surface area (Å²) in [5.74, 6) is -0.986. The van der Waals surface area contributed by atoms with Crippen LogP contribution in [-0.4, -0.2) is 40.4 Å². The van der Waals surface area contributed by atoms with Crippen LogP contribution in [0, 0.1) is 5.82 Å². The number of rotatable bonds is 5. The largest absolute Gasteiger partial charge is 0.387 e. The van der Waals surface area contributed by atoms with Crippen LogP contribution in [-0.2, 0) is 0 Å². The lowest BCUT2D eigenvalue weighted by Gasteiger charge is -2.22. The van der Waals surface area contributed by atoms with Crippen molar-refractivity contribution in [3.63, 3.8) is 0 Å². The van der Waals surface area contributed by atoms with E-state index in [1.165, 1.54) is 12.1 Å². The molecule has 6 nitrogen and oxygen atoms in total. The molecule has 1 saturated heterocycles. The number of nitrogens with zero attached hydrogens (tertiary/aromatic N) is 2. The van der Waals surface area contributed by atoms with E-state index in [-0.39, 0.29) is 23.5 Å². The number of piperidine rings is 1. The number of nitrogens with one attached hydrogen (secondary N) is 2. The number of hydrogen-bond donors (Lipinski definition) is 3. The molecule has 0 spiro atoms. The van der Waals surface area contributed by atoms with Crippen LogP contribution >= 0.6 is 11.6 Å². The van der Waals surface area contributed by atoms with Gasteiger partial charge in [-0.05, 0) is 43.1 Å². The Morgan fingerprint density at radius 3 is 3.08 bits per heavy atom. The predicted octanol–water partition coefficient (Wildman–Crippen LogP) is 2.06. The highest BCUT2D eigenvalue weighted by Gasteiger charge is 2.18. The number of aliphatic hydroxyl groups excluding tert-OH is 1. The number of carbonyl (C=O) groups excluding carboxylic acids is 1. The molecule has 2 heterocycles. The molecule has 0 saturated carbocycles. The van der Waals surface area contributed by atoms with Gasteiger partial charge in [-0.15, -0.1) is 0 Å². The van der Waals surface area contributed by atoms with Crippen LogP contribution in [0.4, 0.5) is 4.39 Å². The molecule has 3 rings (SSSR count). The highest BCUT2D eigenvalue weighted by molar-refractivity contribution is 6.30. The summed E-state index contributed by atoms with van der Waals surface area (Å²) >= 11 is 5.62. The van der Waals surface area contributed by atoms with Crippen molar-refractivity contribution in [3.8, 4) is 0 Å². The molecular formula is C17H20ClFN4O2. The fourth-order valence-electron chi connectivity index (χ4n) is 2.84. The maximum atomic E-state index is 13.4. The molecule has 2 atom stereocenters. The Morgan fingerprint density at radius 1 is 1.52 bits per heavy atom. The van der Waals surface area contributed by atoms with Crippen molar-refractivity contribution in [3.05, 3.63) is 52.6 Å². The van der Waals surface area contributed by atoms with Gasteiger partial charge in [0.05, 0.1) is 17.2 Å². The molecule has 8 heteroatoms. The van der Waals surface area contributed by atoms with Crippen molar-refractivity contribution in [2.75, 3.05) is 19.6 Å². The van der Waals surface area contributed by atoms with Gasteiger partial charge in [0.1, 0.15) is 11.5 Å². The van der Waals surface area contributed by atoms with E-state index in [2.05, 4.69) is 15.7 Å². The Hall–Kier alpha value is -1.96. The molecule has 134 valence electrons. The van der Waals surface area contributed by atoms with E-state index in [1.807, 2.05) is 0 Å². The van der Waals surface area contributed by atoms with Crippen molar-refractivity contribution in [2.24, 2.45) is 0 Å². The number of amides is 1. The summed E-state index contributed by atoms with van der Waals surface area (Å²) in [6, 6.07) is 5.95. The Morgan fingerprint density at radius 2 is 2.36 bits per heavy atom. The first-order valence-electron chi connectivity index (χ1n) is 8.21. The van der Waals surface area contributed by atoms with E-state index in [1.54, 1.807) is 16.9 Å². The van der Waals surface area contributed by atoms with Gasteiger partial charge in [-0.3, -0.25) is 9.48 Å². The average Bonchev–Trinajstić information content (AvgIpc) is 3.12. The Labute approximate surface area is 150 Å². The van der Waals surface area contributed by atoms with Gasteiger partial charge in [0.25, 0.3) is 5.91 Å². The van der Waals surface area contributed by atoms with Crippen molar-refractivity contribution in [1.82, 2.24) is 20.4 Å². The third kappa shape index (κ3) is 4.36. The third-order valence-electron chi connectivity index (χ3n) is 4.27. The van der Waals surface area contributed by atoms with Gasteiger partial charge < -0.3 is 15.7 Å². The number of aromatic nitrogens is 2. The van der Waals surface area contributed by atoms with Gasteiger partial charge in [-0.1, -0.05) is 17.7 Å². The monoisotopic (exact) mass is 366 g/mol. The van der Waals surface area contributed by atoms with Gasteiger partial charge in [-0.25, -0.2) is 4.39 Å². The molecule has 1 aromatic carbocycles. The molecule has 1 fully saturated rings. The highest BCUT2D eigenvalue weighted by Crippen LogP contribution is 2.20. The molecule has 1 aliphatic heterocycles. The van der Waals surface area contributed by atoms with Gasteiger partial charge >= 0.3 is 0 Å². The number of benzene rings is 1. The zero-order valence-corrected chi connectivity index (χ0v) is 14.3. The molecule has 25 heavy (non-hydrogen) atoms. The maximum Gasteiger partial charge on any atom is 0.271 e. The minimum absolute atomic E-state index is 0.0114. The van der Waals surface area contributed by atoms with E-state index in [9.17, 15) is 14.3 Å². The quantitative estimate of drug-likeness (QED) is 0.756. The highest BCUT2D eigenvalue weighted by atomic mass is 35.5. The second-order valence-electron chi connectivity index (χ2n) is 6.08. The molecular weight excluding hydrogens is 347 g/mol. The number of aliphatic hydroxyl groups is 1. The van der Waals surface area contributed by atoms with Crippen molar-refractivity contribution in [1.29, 1.82) is 0 Å². The van der Waals surface area contributed by atoms with E-state index in [0.717, 1.165) is 32.0 Å². The fourth-order valence-corrected chi connectivity index (χ4v) is 2.96. The number of hydrogen-bond acceptors (Lipinski definition) is 4. The van der Waals surface area contributed by atoms with Crippen LogP contribution in [0.5, 0.6) is 0 Å². The topological polar surface area (TPSA) is 79.2 Å². The van der Waals surface area contributed by atoms with Crippen LogP contribution < -0.4 is 10.6 Å². The lowest BCUT2D eigenvalue weighted by atomic mass is 10.1. The second-order valence-corrected chi connectivity index (χ2v) is 6.49. The summed E-state index contributed by atoms with van der Waals surface area (Å²) in [5.41, 5.74) is 0.640. The molecule has 1 aliphatic rings. The summed E-state index contributed by atoms with van der Waals surface area (Å²) in [7, 11) is 0. The molecule has 0 radical (unpaired) electrons. The van der Waals surface area contributed by atoms with Crippen molar-refractivity contribution >= 4 is 17.5 Å². The first-order valence-corrected chi connectivity index (χ1v) is 8.59. The van der Waals surface area contributed by atoms with Crippen LogP contribution in [0.1, 0.15) is 41.0 Å². The van der Waals surface area contributed by atoms with Crippen LogP contribution in [0.25, 0.3) is 0 Å². The summed E-state index contributed by atoms with van der Waals surface area (Å²) < 4.78 is 15.2. The molecule has 3 N–H and O–H groups in total. The molecule has 1 aromatic heterocycles. The molecule has 2 unspecified atom stereocenters. The average molecular weight is 367 g/mol. The zero-order chi connectivity index (χ0) is 17.8. The SMILES string of the molecule is O=C(NCC(O)c1ccc(Cl)c(F)c1)c1ccn(C2CCCNC2)n1. The third-order valence-corrected chi connectivity index (χ3v) is 4.58. The number of halogens is 2. The fraction of sp³-hybridized carbons (Fsp3) is 0.412. The van der Waals surface area contributed by atoms with Gasteiger partial charge in [0.2, 0.25) is 0 Å². The van der Waals surface area contributed by atoms with E-state index in [0.29, 0.717) is 11.3 Å². The molecule has 0 bridgehead atoms. The van der Waals surface area contributed by atoms with Gasteiger partial charge in [0, 0.05) is 19.3 Å². The lowest BCUT2D eigenvalue weighted by Crippen LogP contribution is -2.32. The van der Waals surface area contributed by atoms with Crippen LogP contribution in [0.3, 0.4) is 0 Å². The first kappa shape index (κ1) is 17.8. The molecule has 1 amide bonds. The summed E-state index contributed by atoms with van der Waals surface area (Å²) in [4.78, 5) is 12.2. The van der Waals surface area contributed by atoms with E-state index < -0.39 is 11.9 Å². The Kier molecular flexibility index (Phi) is 5.67. The van der Waals surface area contributed by atoms with E-state index in [4.69, 9.17) is 11.6 Å². The molecule has 2 aromatic rings. The standard InChI is InChI=1S/C17H20ClFN4O2/c18-13-4-3-11(8-14(13)19)16(24)10-21-17(25)15-5-7-23(22-15)12-2-1-6-20-9-12/h3-5,7-8,12,16,20,24H,1-2,6,9-10H2,(H,21,25). The van der Waals surface area contributed by atoms with Gasteiger partial charge in [0.15, 0.2) is 0 Å². The minimum atomic E-state index is -1.03. The molecule has 0 aliphatic carbocycles. The second kappa shape index (κ2) is 7.95.